The van der Waals surface area contributed by atoms with Gasteiger partial charge in [0.05, 0.1) is 17.9 Å². The molecule has 0 saturated carbocycles. The number of imidazole rings is 1. The van der Waals surface area contributed by atoms with Crippen molar-refractivity contribution >= 4 is 27.9 Å². The summed E-state index contributed by atoms with van der Waals surface area (Å²) in [6.07, 6.45) is 3.50. The smallest absolute Gasteiger partial charge is 0.268 e. The van der Waals surface area contributed by atoms with E-state index in [1.807, 2.05) is 45.3 Å². The summed E-state index contributed by atoms with van der Waals surface area (Å²) in [6, 6.07) is 14.5. The largest absolute Gasteiger partial charge is 0.479 e. The van der Waals surface area contributed by atoms with Crippen molar-refractivity contribution < 1.29 is 9.53 Å². The van der Waals surface area contributed by atoms with Crippen LogP contribution in [-0.2, 0) is 16.8 Å². The van der Waals surface area contributed by atoms with Gasteiger partial charge in [0.15, 0.2) is 11.1 Å². The van der Waals surface area contributed by atoms with E-state index in [1.54, 1.807) is 18.3 Å². The number of fused-ring (bicyclic) bond motifs is 2. The highest BCUT2D eigenvalue weighted by molar-refractivity contribution is 7.15. The first kappa shape index (κ1) is 19.8. The quantitative estimate of drug-likeness (QED) is 0.420. The standard InChI is InChI=1S/C25H25N3O2S/c1-16-23(29)28(14-17-5-8-19(9-6-17)25(2,3)4)21-13-18(7-10-22(21)30-16)20-15-27-11-12-31-24(27)26-20/h5-13,15-16H,14H2,1-4H3. The highest BCUT2D eigenvalue weighted by Gasteiger charge is 2.32. The number of hydrogen-bond donors (Lipinski definition) is 0. The van der Waals surface area contributed by atoms with Gasteiger partial charge < -0.3 is 9.64 Å². The second kappa shape index (κ2) is 7.24. The first-order valence-corrected chi connectivity index (χ1v) is 11.3. The Balaban J connectivity index is 1.50. The van der Waals surface area contributed by atoms with Gasteiger partial charge in [-0.05, 0) is 41.7 Å². The summed E-state index contributed by atoms with van der Waals surface area (Å²) in [7, 11) is 0. The molecule has 2 aromatic heterocycles. The second-order valence-electron chi connectivity index (χ2n) is 9.03. The molecule has 1 aliphatic heterocycles. The molecule has 31 heavy (non-hydrogen) atoms. The van der Waals surface area contributed by atoms with Gasteiger partial charge in [0.1, 0.15) is 5.75 Å². The Morgan fingerprint density at radius 2 is 1.90 bits per heavy atom. The van der Waals surface area contributed by atoms with Crippen LogP contribution in [0.1, 0.15) is 38.8 Å². The summed E-state index contributed by atoms with van der Waals surface area (Å²) in [5.41, 5.74) is 5.11. The normalized spacial score (nSPS) is 16.5. The molecular formula is C25H25N3O2S. The molecule has 4 aromatic rings. The first-order chi connectivity index (χ1) is 14.8. The fourth-order valence-electron chi connectivity index (χ4n) is 3.89. The number of hydrogen-bond acceptors (Lipinski definition) is 4. The predicted octanol–water partition coefficient (Wildman–Crippen LogP) is 5.67. The first-order valence-electron chi connectivity index (χ1n) is 10.4. The molecule has 158 valence electrons. The molecule has 0 aliphatic carbocycles. The molecule has 3 heterocycles. The Bertz CT molecular complexity index is 1240. The van der Waals surface area contributed by atoms with E-state index in [9.17, 15) is 4.79 Å². The number of thiazole rings is 1. The Hall–Kier alpha value is -3.12. The fourth-order valence-corrected chi connectivity index (χ4v) is 4.59. The SMILES string of the molecule is CC1Oc2ccc(-c3cn4ccsc4n3)cc2N(Cc2ccc(C(C)(C)C)cc2)C1=O. The van der Waals surface area contributed by atoms with E-state index in [-0.39, 0.29) is 11.3 Å². The van der Waals surface area contributed by atoms with Gasteiger partial charge in [-0.1, -0.05) is 45.0 Å². The van der Waals surface area contributed by atoms with Crippen LogP contribution in [0.5, 0.6) is 5.75 Å². The molecule has 1 aliphatic rings. The van der Waals surface area contributed by atoms with Crippen molar-refractivity contribution in [1.82, 2.24) is 9.38 Å². The highest BCUT2D eigenvalue weighted by Crippen LogP contribution is 2.38. The number of aromatic nitrogens is 2. The zero-order valence-electron chi connectivity index (χ0n) is 18.1. The van der Waals surface area contributed by atoms with Gasteiger partial charge in [0, 0.05) is 23.3 Å². The Labute approximate surface area is 185 Å². The second-order valence-corrected chi connectivity index (χ2v) is 9.91. The Kier molecular flexibility index (Phi) is 4.63. The molecule has 0 N–H and O–H groups in total. The van der Waals surface area contributed by atoms with Crippen molar-refractivity contribution in [2.75, 3.05) is 4.90 Å². The molecule has 1 atom stereocenters. The summed E-state index contributed by atoms with van der Waals surface area (Å²) < 4.78 is 7.91. The number of amides is 1. The summed E-state index contributed by atoms with van der Waals surface area (Å²) in [6.45, 7) is 8.91. The molecule has 5 nitrogen and oxygen atoms in total. The summed E-state index contributed by atoms with van der Waals surface area (Å²) in [5, 5.41) is 2.01. The molecule has 0 bridgehead atoms. The lowest BCUT2D eigenvalue weighted by atomic mass is 9.86. The lowest BCUT2D eigenvalue weighted by Crippen LogP contribution is -2.44. The molecule has 0 fully saturated rings. The van der Waals surface area contributed by atoms with Crippen LogP contribution >= 0.6 is 11.3 Å². The molecule has 6 heteroatoms. The molecule has 0 radical (unpaired) electrons. The number of carbonyl (C=O) groups is 1. The maximum atomic E-state index is 13.0. The number of ether oxygens (including phenoxy) is 1. The van der Waals surface area contributed by atoms with E-state index < -0.39 is 6.10 Å². The Morgan fingerprint density at radius 3 is 2.61 bits per heavy atom. The number of anilines is 1. The zero-order chi connectivity index (χ0) is 21.8. The minimum absolute atomic E-state index is 0.0321. The number of nitrogens with zero attached hydrogens (tertiary/aromatic N) is 3. The molecule has 1 amide bonds. The average molecular weight is 432 g/mol. The van der Waals surface area contributed by atoms with Crippen LogP contribution in [0, 0.1) is 0 Å². The highest BCUT2D eigenvalue weighted by atomic mass is 32.1. The van der Waals surface area contributed by atoms with E-state index in [2.05, 4.69) is 45.0 Å². The molecule has 0 saturated heterocycles. The lowest BCUT2D eigenvalue weighted by Gasteiger charge is -2.33. The van der Waals surface area contributed by atoms with Crippen LogP contribution in [0.2, 0.25) is 0 Å². The van der Waals surface area contributed by atoms with Gasteiger partial charge in [0.25, 0.3) is 5.91 Å². The van der Waals surface area contributed by atoms with Gasteiger partial charge >= 0.3 is 0 Å². The summed E-state index contributed by atoms with van der Waals surface area (Å²) in [5.74, 6) is 0.693. The third kappa shape index (κ3) is 3.61. The van der Waals surface area contributed by atoms with Gasteiger partial charge in [-0.25, -0.2) is 4.98 Å². The maximum absolute atomic E-state index is 13.0. The third-order valence-electron chi connectivity index (χ3n) is 5.72. The Morgan fingerprint density at radius 1 is 1.13 bits per heavy atom. The zero-order valence-corrected chi connectivity index (χ0v) is 18.9. The topological polar surface area (TPSA) is 46.8 Å². The van der Waals surface area contributed by atoms with Gasteiger partial charge in [-0.15, -0.1) is 11.3 Å². The van der Waals surface area contributed by atoms with Crippen LogP contribution in [-0.4, -0.2) is 21.4 Å². The molecule has 0 spiro atoms. The fraction of sp³-hybridized carbons (Fsp3) is 0.280. The summed E-state index contributed by atoms with van der Waals surface area (Å²) in [4.78, 5) is 20.5. The minimum atomic E-state index is -0.509. The third-order valence-corrected chi connectivity index (χ3v) is 6.49. The van der Waals surface area contributed by atoms with E-state index in [4.69, 9.17) is 9.72 Å². The van der Waals surface area contributed by atoms with Gasteiger partial charge in [-0.2, -0.15) is 0 Å². The summed E-state index contributed by atoms with van der Waals surface area (Å²) >= 11 is 1.60. The van der Waals surface area contributed by atoms with Gasteiger partial charge in [0.2, 0.25) is 0 Å². The van der Waals surface area contributed by atoms with Crippen molar-refractivity contribution in [2.24, 2.45) is 0 Å². The van der Waals surface area contributed by atoms with E-state index in [0.29, 0.717) is 6.54 Å². The van der Waals surface area contributed by atoms with Gasteiger partial charge in [-0.3, -0.25) is 9.20 Å². The van der Waals surface area contributed by atoms with Crippen LogP contribution in [0.3, 0.4) is 0 Å². The van der Waals surface area contributed by atoms with E-state index in [1.165, 1.54) is 5.56 Å². The average Bonchev–Trinajstić information content (AvgIpc) is 3.33. The minimum Gasteiger partial charge on any atom is -0.479 e. The van der Waals surface area contributed by atoms with Crippen molar-refractivity contribution in [3.05, 3.63) is 71.4 Å². The van der Waals surface area contributed by atoms with Crippen molar-refractivity contribution in [3.63, 3.8) is 0 Å². The molecular weight excluding hydrogens is 406 g/mol. The lowest BCUT2D eigenvalue weighted by molar-refractivity contribution is -0.125. The number of carbonyl (C=O) groups excluding carboxylic acids is 1. The molecule has 1 unspecified atom stereocenters. The maximum Gasteiger partial charge on any atom is 0.268 e. The number of rotatable bonds is 3. The van der Waals surface area contributed by atoms with E-state index >= 15 is 0 Å². The molecule has 5 rings (SSSR count). The number of benzene rings is 2. The van der Waals surface area contributed by atoms with Crippen LogP contribution in [0.4, 0.5) is 5.69 Å². The van der Waals surface area contributed by atoms with Crippen molar-refractivity contribution in [2.45, 2.75) is 45.8 Å². The van der Waals surface area contributed by atoms with Crippen molar-refractivity contribution in [1.29, 1.82) is 0 Å². The van der Waals surface area contributed by atoms with Crippen LogP contribution in [0.15, 0.2) is 60.2 Å². The van der Waals surface area contributed by atoms with E-state index in [0.717, 1.165) is 33.2 Å². The van der Waals surface area contributed by atoms with Crippen LogP contribution in [0.25, 0.3) is 16.2 Å². The van der Waals surface area contributed by atoms with Crippen LogP contribution < -0.4 is 9.64 Å². The molecule has 2 aromatic carbocycles. The van der Waals surface area contributed by atoms with Crippen molar-refractivity contribution in [3.8, 4) is 17.0 Å². The predicted molar refractivity (Wildman–Crippen MR) is 125 cm³/mol. The monoisotopic (exact) mass is 431 g/mol.